The average Bonchev–Trinajstić information content (AvgIpc) is 3.34. The van der Waals surface area contributed by atoms with Gasteiger partial charge < -0.3 is 34.4 Å². The summed E-state index contributed by atoms with van der Waals surface area (Å²) in [6.45, 7) is 15.1. The molecule has 1 aliphatic rings. The highest BCUT2D eigenvalue weighted by Gasteiger charge is 2.42. The third kappa shape index (κ3) is 9.61. The number of alkyl carbamates (subject to hydrolysis) is 1. The summed E-state index contributed by atoms with van der Waals surface area (Å²) in [4.78, 5) is 54.9. The van der Waals surface area contributed by atoms with Crippen molar-refractivity contribution < 1.29 is 38.5 Å². The van der Waals surface area contributed by atoms with Crippen LogP contribution in [0.5, 0.6) is 0 Å². The molecule has 7 atom stereocenters. The zero-order valence-electron chi connectivity index (χ0n) is 26.4. The number of likely N-dealkylation sites (tertiary alicyclic amines) is 1. The normalized spacial score (nSPS) is 20.3. The van der Waals surface area contributed by atoms with Gasteiger partial charge in [-0.05, 0) is 52.4 Å². The number of ether oxygens (including phenoxy) is 3. The molecular formula is C29H53N3O8. The first-order valence-corrected chi connectivity index (χ1v) is 14.3. The highest BCUT2D eigenvalue weighted by Crippen LogP contribution is 2.29. The van der Waals surface area contributed by atoms with Crippen molar-refractivity contribution in [3.05, 3.63) is 0 Å². The molecule has 0 bridgehead atoms. The Kier molecular flexibility index (Phi) is 13.9. The van der Waals surface area contributed by atoms with E-state index < -0.39 is 47.9 Å². The van der Waals surface area contributed by atoms with E-state index in [1.807, 2.05) is 27.7 Å². The number of carbonyl (C=O) groups excluding carboxylic acids is 3. The van der Waals surface area contributed by atoms with E-state index in [9.17, 15) is 24.3 Å². The molecule has 1 heterocycles. The van der Waals surface area contributed by atoms with Gasteiger partial charge in [-0.1, -0.05) is 34.1 Å². The molecule has 40 heavy (non-hydrogen) atoms. The molecule has 0 radical (unpaired) electrons. The second-order valence-corrected chi connectivity index (χ2v) is 12.3. The lowest BCUT2D eigenvalue weighted by Crippen LogP contribution is -2.58. The number of hydrogen-bond donors (Lipinski definition) is 2. The molecule has 0 saturated carbocycles. The fourth-order valence-electron chi connectivity index (χ4n) is 5.46. The second-order valence-electron chi connectivity index (χ2n) is 12.3. The highest BCUT2D eigenvalue weighted by molar-refractivity contribution is 5.86. The third-order valence-corrected chi connectivity index (χ3v) is 7.84. The van der Waals surface area contributed by atoms with Crippen molar-refractivity contribution in [2.75, 3.05) is 27.8 Å². The summed E-state index contributed by atoms with van der Waals surface area (Å²) in [5, 5.41) is 12.3. The Labute approximate surface area is 240 Å². The largest absolute Gasteiger partial charge is 0.481 e. The van der Waals surface area contributed by atoms with Gasteiger partial charge in [0.1, 0.15) is 11.6 Å². The van der Waals surface area contributed by atoms with Crippen LogP contribution in [0.15, 0.2) is 0 Å². The number of aliphatic carboxylic acids is 1. The topological polar surface area (TPSA) is 135 Å². The molecule has 11 heteroatoms. The fourth-order valence-corrected chi connectivity index (χ4v) is 5.46. The van der Waals surface area contributed by atoms with Gasteiger partial charge in [-0.15, -0.1) is 0 Å². The molecule has 0 aliphatic carbocycles. The maximum absolute atomic E-state index is 13.8. The summed E-state index contributed by atoms with van der Waals surface area (Å²) >= 11 is 0. The molecule has 11 nitrogen and oxygen atoms in total. The van der Waals surface area contributed by atoms with Crippen LogP contribution >= 0.6 is 0 Å². The van der Waals surface area contributed by atoms with Crippen molar-refractivity contribution in [1.82, 2.24) is 15.1 Å². The quantitative estimate of drug-likeness (QED) is 0.323. The van der Waals surface area contributed by atoms with Gasteiger partial charge in [0.2, 0.25) is 11.8 Å². The number of methoxy groups -OCH3 is 2. The van der Waals surface area contributed by atoms with E-state index in [1.54, 1.807) is 44.5 Å². The molecule has 0 spiro atoms. The second kappa shape index (κ2) is 15.6. The molecule has 3 amide bonds. The maximum atomic E-state index is 13.8. The minimum absolute atomic E-state index is 0.0172. The van der Waals surface area contributed by atoms with Crippen LogP contribution < -0.4 is 5.32 Å². The molecule has 232 valence electrons. The van der Waals surface area contributed by atoms with Gasteiger partial charge in [0.15, 0.2) is 0 Å². The molecule has 2 N–H and O–H groups in total. The number of carboxylic acid groups (broad SMARTS) is 1. The predicted octanol–water partition coefficient (Wildman–Crippen LogP) is 3.54. The zero-order valence-corrected chi connectivity index (χ0v) is 26.4. The Morgan fingerprint density at radius 2 is 1.68 bits per heavy atom. The number of hydrogen-bond acceptors (Lipinski definition) is 7. The van der Waals surface area contributed by atoms with Crippen molar-refractivity contribution in [1.29, 1.82) is 0 Å². The van der Waals surface area contributed by atoms with Crippen molar-refractivity contribution >= 4 is 23.9 Å². The van der Waals surface area contributed by atoms with Crippen LogP contribution in [0.4, 0.5) is 4.79 Å². The van der Waals surface area contributed by atoms with Crippen LogP contribution in [-0.2, 0) is 28.6 Å². The number of nitrogens with one attached hydrogen (secondary N) is 1. The van der Waals surface area contributed by atoms with Crippen molar-refractivity contribution in [2.24, 2.45) is 17.8 Å². The Bertz CT molecular complexity index is 859. The molecule has 1 saturated heterocycles. The first-order chi connectivity index (χ1) is 18.5. The summed E-state index contributed by atoms with van der Waals surface area (Å²) in [5.41, 5.74) is -0.709. The lowest BCUT2D eigenvalue weighted by atomic mass is 9.89. The van der Waals surface area contributed by atoms with Crippen molar-refractivity contribution in [3.63, 3.8) is 0 Å². The van der Waals surface area contributed by atoms with Gasteiger partial charge in [-0.25, -0.2) is 4.79 Å². The van der Waals surface area contributed by atoms with Crippen LogP contribution in [-0.4, -0.2) is 103 Å². The summed E-state index contributed by atoms with van der Waals surface area (Å²) in [6.07, 6.45) is 0.226. The summed E-state index contributed by atoms with van der Waals surface area (Å²) in [6, 6.07) is -1.64. The Hall–Kier alpha value is -2.40. The lowest BCUT2D eigenvalue weighted by molar-refractivity contribution is -0.152. The van der Waals surface area contributed by atoms with Gasteiger partial charge in [-0.2, -0.15) is 0 Å². The van der Waals surface area contributed by atoms with Gasteiger partial charge in [0.05, 0.1) is 36.6 Å². The van der Waals surface area contributed by atoms with E-state index in [4.69, 9.17) is 14.2 Å². The molecule has 1 fully saturated rings. The molecule has 1 rings (SSSR count). The monoisotopic (exact) mass is 571 g/mol. The Morgan fingerprint density at radius 3 is 2.12 bits per heavy atom. The van der Waals surface area contributed by atoms with Gasteiger partial charge in [0.25, 0.3) is 0 Å². The fraction of sp³-hybridized carbons (Fsp3) is 0.862. The Balaban J connectivity index is 3.20. The van der Waals surface area contributed by atoms with Crippen LogP contribution in [0, 0.1) is 17.8 Å². The summed E-state index contributed by atoms with van der Waals surface area (Å²) in [5.74, 6) is -2.45. The van der Waals surface area contributed by atoms with Crippen molar-refractivity contribution in [3.8, 4) is 0 Å². The molecule has 0 aromatic carbocycles. The van der Waals surface area contributed by atoms with Crippen LogP contribution in [0.25, 0.3) is 0 Å². The van der Waals surface area contributed by atoms with Gasteiger partial charge in [-0.3, -0.25) is 14.4 Å². The third-order valence-electron chi connectivity index (χ3n) is 7.84. The number of likely N-dealkylation sites (N-methyl/N-ethyl adjacent to an activating group) is 1. The lowest BCUT2D eigenvalue weighted by Gasteiger charge is -2.40. The number of amides is 3. The molecule has 1 aliphatic heterocycles. The van der Waals surface area contributed by atoms with Gasteiger partial charge in [0, 0.05) is 27.8 Å². The minimum Gasteiger partial charge on any atom is -0.481 e. The maximum Gasteiger partial charge on any atom is 0.408 e. The van der Waals surface area contributed by atoms with Crippen LogP contribution in [0.1, 0.15) is 81.1 Å². The first kappa shape index (κ1) is 35.6. The van der Waals surface area contributed by atoms with Crippen LogP contribution in [0.3, 0.4) is 0 Å². The summed E-state index contributed by atoms with van der Waals surface area (Å²) < 4.78 is 16.8. The van der Waals surface area contributed by atoms with E-state index in [1.165, 1.54) is 14.2 Å². The zero-order chi connectivity index (χ0) is 30.9. The predicted molar refractivity (Wildman–Crippen MR) is 152 cm³/mol. The number of nitrogens with zero attached hydrogens (tertiary/aromatic N) is 2. The number of carbonyl (C=O) groups is 4. The molecule has 7 unspecified atom stereocenters. The van der Waals surface area contributed by atoms with E-state index >= 15 is 0 Å². The van der Waals surface area contributed by atoms with Gasteiger partial charge >= 0.3 is 12.1 Å². The molecular weight excluding hydrogens is 518 g/mol. The smallest absolute Gasteiger partial charge is 0.408 e. The van der Waals surface area contributed by atoms with E-state index in [2.05, 4.69) is 5.32 Å². The number of carboxylic acids is 1. The standard InChI is InChI=1S/C29H53N3O8/c1-12-18(4)24(31(9)26(34)23(17(2)3)30-28(37)40-29(6,7)8)21(38-10)16-22(33)32-15-13-14-20(32)25(39-11)19(5)27(35)36/h17-21,23-25H,12-16H2,1-11H3,(H,30,37)(H,35,36). The molecule has 0 aromatic rings. The first-order valence-electron chi connectivity index (χ1n) is 14.3. The average molecular weight is 572 g/mol. The number of rotatable bonds is 14. The minimum atomic E-state index is -0.974. The van der Waals surface area contributed by atoms with E-state index in [0.29, 0.717) is 13.0 Å². The van der Waals surface area contributed by atoms with E-state index in [0.717, 1.165) is 12.8 Å². The highest BCUT2D eigenvalue weighted by atomic mass is 16.6. The van der Waals surface area contributed by atoms with Crippen LogP contribution in [0.2, 0.25) is 0 Å². The Morgan fingerprint density at radius 1 is 1.07 bits per heavy atom. The SMILES string of the molecule is CCC(C)C(C(CC(=O)N1CCCC1C(OC)C(C)C(=O)O)OC)N(C)C(=O)C(NC(=O)OC(C)(C)C)C(C)C. The molecule has 0 aromatic heterocycles. The van der Waals surface area contributed by atoms with Crippen molar-refractivity contribution in [2.45, 2.75) is 117 Å². The van der Waals surface area contributed by atoms with E-state index in [-0.39, 0.29) is 36.1 Å². The summed E-state index contributed by atoms with van der Waals surface area (Å²) in [7, 11) is 4.67.